The number of hydrogen-bond acceptors (Lipinski definition) is 4. The van der Waals surface area contributed by atoms with Crippen LogP contribution in [0.5, 0.6) is 0 Å². The molecule has 0 unspecified atom stereocenters. The van der Waals surface area contributed by atoms with E-state index in [4.69, 9.17) is 8.83 Å². The Morgan fingerprint density at radius 3 is 1.95 bits per heavy atom. The molecule has 324 valence electrons. The molecule has 1 aliphatic carbocycles. The number of hydrogen-bond donors (Lipinski definition) is 0. The second-order valence-corrected chi connectivity index (χ2v) is 24.3. The Bertz CT molecular complexity index is 3970. The minimum Gasteiger partial charge on any atom is -0.456 e. The van der Waals surface area contributed by atoms with Crippen LogP contribution in [0.25, 0.3) is 92.6 Å². The van der Waals surface area contributed by atoms with Crippen LogP contribution in [0.15, 0.2) is 124 Å². The first kappa shape index (κ1) is 39.0. The standard InChI is InChI=1S/C60H53BN2O2S/c1-57(2,3)32-15-18-34(19-16-32)63-47-31-51-41(42-28-44-45(29-49(42)65-51)60(9,10)24-23-59(44,7)8)26-38(47)36-20-21-37-39-27-40-35-13-11-12-14-48(35)64-50(40)30-46(39)62-54(37)53(36)61(63)56-55(62)43-25-33(58(4,5)6)17-22-52(43)66-56/h11-22,25-31H,23-24H2,1-10H3. The summed E-state index contributed by atoms with van der Waals surface area (Å²) in [4.78, 5) is 2.66. The molecule has 7 aromatic carbocycles. The average molecular weight is 877 g/mol. The summed E-state index contributed by atoms with van der Waals surface area (Å²) in [5, 5.41) is 8.53. The molecule has 0 spiro atoms. The number of para-hydroxylation sites is 1. The Labute approximate surface area is 389 Å². The van der Waals surface area contributed by atoms with Crippen molar-refractivity contribution in [3.8, 4) is 16.8 Å². The Morgan fingerprint density at radius 2 is 1.20 bits per heavy atom. The van der Waals surface area contributed by atoms with Gasteiger partial charge in [-0.1, -0.05) is 118 Å². The number of rotatable bonds is 1. The van der Waals surface area contributed by atoms with Gasteiger partial charge in [0.25, 0.3) is 0 Å². The molecule has 0 fully saturated rings. The first-order chi connectivity index (χ1) is 31.4. The van der Waals surface area contributed by atoms with E-state index in [2.05, 4.69) is 194 Å². The fourth-order valence-corrected chi connectivity index (χ4v) is 13.6. The monoisotopic (exact) mass is 876 g/mol. The van der Waals surface area contributed by atoms with E-state index in [9.17, 15) is 0 Å². The molecule has 0 atom stereocenters. The van der Waals surface area contributed by atoms with Crippen LogP contribution in [0.2, 0.25) is 0 Å². The third-order valence-electron chi connectivity index (χ3n) is 16.1. The summed E-state index contributed by atoms with van der Waals surface area (Å²) in [5.41, 5.74) is 19.5. The normalized spacial score (nSPS) is 16.4. The molecule has 0 amide bonds. The van der Waals surface area contributed by atoms with E-state index in [1.807, 2.05) is 11.3 Å². The highest BCUT2D eigenvalue weighted by Crippen LogP contribution is 2.52. The highest BCUT2D eigenvalue weighted by atomic mass is 32.1. The molecule has 4 aromatic heterocycles. The van der Waals surface area contributed by atoms with Crippen LogP contribution in [0.1, 0.15) is 104 Å². The van der Waals surface area contributed by atoms with Gasteiger partial charge in [-0.25, -0.2) is 0 Å². The van der Waals surface area contributed by atoms with E-state index in [0.717, 1.165) is 33.1 Å². The van der Waals surface area contributed by atoms with Gasteiger partial charge in [0, 0.05) is 76.3 Å². The Morgan fingerprint density at radius 1 is 0.545 bits per heavy atom. The zero-order valence-electron chi connectivity index (χ0n) is 39.6. The van der Waals surface area contributed by atoms with Gasteiger partial charge in [-0.05, 0) is 122 Å². The number of fused-ring (bicyclic) bond motifs is 17. The van der Waals surface area contributed by atoms with Crippen LogP contribution in [0, 0.1) is 0 Å². The smallest absolute Gasteiger partial charge is 0.343 e. The van der Waals surface area contributed by atoms with Crippen molar-refractivity contribution in [3.05, 3.63) is 138 Å². The molecule has 66 heavy (non-hydrogen) atoms. The lowest BCUT2D eigenvalue weighted by molar-refractivity contribution is 0.332. The Balaban J connectivity index is 1.13. The second kappa shape index (κ2) is 12.4. The first-order valence-electron chi connectivity index (χ1n) is 23.9. The van der Waals surface area contributed by atoms with Gasteiger partial charge < -0.3 is 18.2 Å². The van der Waals surface area contributed by atoms with Crippen molar-refractivity contribution in [2.75, 3.05) is 4.81 Å². The molecule has 6 heterocycles. The SMILES string of the molecule is CC(C)(C)c1ccc(N2B3c4sc5ccc(C(C)(C)C)cc5c4-n4c5cc6oc7ccccc7c6cc5c5ccc(c3c54)-c3cc4c(cc32)oc2cc3c(cc24)C(C)(C)CCC3(C)C)cc1. The molecule has 6 heteroatoms. The maximum atomic E-state index is 7.06. The summed E-state index contributed by atoms with van der Waals surface area (Å²) in [6.07, 6.45) is 2.34. The number of nitrogens with zero attached hydrogens (tertiary/aromatic N) is 2. The van der Waals surface area contributed by atoms with E-state index in [1.54, 1.807) is 0 Å². The lowest BCUT2D eigenvalue weighted by Gasteiger charge is -2.41. The van der Waals surface area contributed by atoms with Crippen LogP contribution in [0.3, 0.4) is 0 Å². The van der Waals surface area contributed by atoms with Crippen LogP contribution < -0.4 is 15.1 Å². The fraction of sp³-hybridized carbons (Fsp3) is 0.267. The first-order valence-corrected chi connectivity index (χ1v) is 24.7. The highest BCUT2D eigenvalue weighted by Gasteiger charge is 2.46. The molecule has 0 saturated heterocycles. The second-order valence-electron chi connectivity index (χ2n) is 23.2. The van der Waals surface area contributed by atoms with Gasteiger partial charge in [-0.2, -0.15) is 0 Å². The molecule has 0 bridgehead atoms. The third kappa shape index (κ3) is 5.06. The number of aromatic nitrogens is 1. The minimum absolute atomic E-state index is 0.00931. The molecule has 11 aromatic rings. The van der Waals surface area contributed by atoms with Gasteiger partial charge in [0.1, 0.15) is 22.3 Å². The van der Waals surface area contributed by atoms with Gasteiger partial charge in [-0.3, -0.25) is 0 Å². The maximum Gasteiger partial charge on any atom is 0.343 e. The molecule has 0 N–H and O–H groups in total. The lowest BCUT2D eigenvalue weighted by Crippen LogP contribution is -2.59. The van der Waals surface area contributed by atoms with Gasteiger partial charge >= 0.3 is 6.85 Å². The van der Waals surface area contributed by atoms with Crippen molar-refractivity contribution >= 4 is 116 Å². The predicted molar refractivity (Wildman–Crippen MR) is 282 cm³/mol. The number of furan rings is 2. The summed E-state index contributed by atoms with van der Waals surface area (Å²) >= 11 is 1.95. The topological polar surface area (TPSA) is 34.5 Å². The van der Waals surface area contributed by atoms with E-state index in [1.165, 1.54) is 116 Å². The largest absolute Gasteiger partial charge is 0.456 e. The third-order valence-corrected chi connectivity index (χ3v) is 17.4. The molecule has 4 nitrogen and oxygen atoms in total. The number of thiophene rings is 1. The highest BCUT2D eigenvalue weighted by molar-refractivity contribution is 7.32. The van der Waals surface area contributed by atoms with Crippen LogP contribution >= 0.6 is 11.3 Å². The Hall–Kier alpha value is -6.24. The summed E-state index contributed by atoms with van der Waals surface area (Å²) in [6, 6.07) is 44.4. The Kier molecular flexibility index (Phi) is 7.32. The summed E-state index contributed by atoms with van der Waals surface area (Å²) in [5.74, 6) is 0. The fourth-order valence-electron chi connectivity index (χ4n) is 12.3. The van der Waals surface area contributed by atoms with Crippen molar-refractivity contribution in [1.29, 1.82) is 0 Å². The van der Waals surface area contributed by atoms with E-state index < -0.39 is 0 Å². The molecular formula is C60H53BN2O2S. The van der Waals surface area contributed by atoms with Crippen LogP contribution in [-0.4, -0.2) is 11.4 Å². The minimum atomic E-state index is -0.0847. The van der Waals surface area contributed by atoms with Gasteiger partial charge in [0.05, 0.1) is 16.7 Å². The summed E-state index contributed by atoms with van der Waals surface area (Å²) in [7, 11) is 0. The molecular weight excluding hydrogens is 824 g/mol. The van der Waals surface area contributed by atoms with Crippen molar-refractivity contribution in [1.82, 2.24) is 4.57 Å². The van der Waals surface area contributed by atoms with Gasteiger partial charge in [0.15, 0.2) is 0 Å². The number of anilines is 2. The van der Waals surface area contributed by atoms with E-state index in [-0.39, 0.29) is 28.5 Å². The van der Waals surface area contributed by atoms with E-state index >= 15 is 0 Å². The molecule has 3 aliphatic rings. The quantitative estimate of drug-likeness (QED) is 0.154. The van der Waals surface area contributed by atoms with Crippen molar-refractivity contribution in [3.63, 3.8) is 0 Å². The maximum absolute atomic E-state index is 7.06. The summed E-state index contributed by atoms with van der Waals surface area (Å²) in [6.45, 7) is 23.5. The summed E-state index contributed by atoms with van der Waals surface area (Å²) < 4.78 is 19.0. The molecule has 2 aliphatic heterocycles. The van der Waals surface area contributed by atoms with Crippen molar-refractivity contribution < 1.29 is 8.83 Å². The van der Waals surface area contributed by atoms with Crippen molar-refractivity contribution in [2.24, 2.45) is 0 Å². The van der Waals surface area contributed by atoms with Crippen molar-refractivity contribution in [2.45, 2.75) is 104 Å². The molecule has 14 rings (SSSR count). The number of benzene rings is 7. The average Bonchev–Trinajstić information content (AvgIpc) is 4.03. The zero-order chi connectivity index (χ0) is 45.1. The lowest BCUT2D eigenvalue weighted by atomic mass is 9.47. The van der Waals surface area contributed by atoms with Gasteiger partial charge in [-0.15, -0.1) is 11.3 Å². The molecule has 0 saturated carbocycles. The predicted octanol–water partition coefficient (Wildman–Crippen LogP) is 16.0. The van der Waals surface area contributed by atoms with E-state index in [0.29, 0.717) is 0 Å². The van der Waals surface area contributed by atoms with Gasteiger partial charge in [0.2, 0.25) is 0 Å². The molecule has 0 radical (unpaired) electrons. The van der Waals surface area contributed by atoms with Crippen LogP contribution in [-0.2, 0) is 21.7 Å². The van der Waals surface area contributed by atoms with Crippen LogP contribution in [0.4, 0.5) is 11.4 Å². The zero-order valence-corrected chi connectivity index (χ0v) is 40.4.